The number of imidazole rings is 1. The number of hydrogen-bond acceptors (Lipinski definition) is 1. The summed E-state index contributed by atoms with van der Waals surface area (Å²) in [6.45, 7) is 0. The second-order valence-corrected chi connectivity index (χ2v) is 3.31. The zero-order valence-electron chi connectivity index (χ0n) is 7.99. The SMILES string of the molecule is [c]1[c]c(-c2nc3ccccc3[nH]2)ccc1. The Labute approximate surface area is 87.6 Å². The molecule has 0 fully saturated rings. The smallest absolute Gasteiger partial charge is 0.139 e. The fraction of sp³-hybridized carbons (Fsp3) is 0. The Morgan fingerprint density at radius 2 is 2.00 bits per heavy atom. The van der Waals surface area contributed by atoms with Crippen molar-refractivity contribution in [3.8, 4) is 11.4 Å². The summed E-state index contributed by atoms with van der Waals surface area (Å²) in [4.78, 5) is 7.73. The van der Waals surface area contributed by atoms with Crippen LogP contribution in [0.5, 0.6) is 0 Å². The number of nitrogens with zero attached hydrogens (tertiary/aromatic N) is 1. The van der Waals surface area contributed by atoms with Crippen LogP contribution in [0.4, 0.5) is 0 Å². The highest BCUT2D eigenvalue weighted by Crippen LogP contribution is 2.18. The summed E-state index contributed by atoms with van der Waals surface area (Å²) < 4.78 is 0. The zero-order chi connectivity index (χ0) is 10.1. The third-order valence-corrected chi connectivity index (χ3v) is 2.29. The van der Waals surface area contributed by atoms with Crippen LogP contribution in [0.15, 0.2) is 42.5 Å². The molecule has 1 heterocycles. The highest BCUT2D eigenvalue weighted by Gasteiger charge is 2.03. The Kier molecular flexibility index (Phi) is 1.78. The van der Waals surface area contributed by atoms with Crippen LogP contribution < -0.4 is 0 Å². The highest BCUT2D eigenvalue weighted by molar-refractivity contribution is 5.78. The van der Waals surface area contributed by atoms with Crippen molar-refractivity contribution in [2.24, 2.45) is 0 Å². The Morgan fingerprint density at radius 3 is 2.80 bits per heavy atom. The summed E-state index contributed by atoms with van der Waals surface area (Å²) in [6, 6.07) is 19.6. The average Bonchev–Trinajstić information content (AvgIpc) is 2.74. The van der Waals surface area contributed by atoms with E-state index in [1.807, 2.05) is 42.5 Å². The van der Waals surface area contributed by atoms with Crippen LogP contribution in [0, 0.1) is 12.1 Å². The number of aromatic amines is 1. The molecular formula is C13H8N2. The lowest BCUT2D eigenvalue weighted by molar-refractivity contribution is 1.33. The van der Waals surface area contributed by atoms with Gasteiger partial charge >= 0.3 is 0 Å². The molecular weight excluding hydrogens is 184 g/mol. The van der Waals surface area contributed by atoms with Gasteiger partial charge in [0, 0.05) is 11.6 Å². The lowest BCUT2D eigenvalue weighted by atomic mass is 10.2. The van der Waals surface area contributed by atoms with Crippen molar-refractivity contribution < 1.29 is 0 Å². The minimum atomic E-state index is 0.841. The van der Waals surface area contributed by atoms with E-state index in [4.69, 9.17) is 0 Å². The molecule has 0 amide bonds. The van der Waals surface area contributed by atoms with Gasteiger partial charge in [-0.05, 0) is 18.2 Å². The number of hydrogen-bond donors (Lipinski definition) is 1. The quantitative estimate of drug-likeness (QED) is 0.631. The van der Waals surface area contributed by atoms with Gasteiger partial charge in [-0.3, -0.25) is 0 Å². The molecule has 1 N–H and O–H groups in total. The number of rotatable bonds is 1. The summed E-state index contributed by atoms with van der Waals surface area (Å²) in [6.07, 6.45) is 0. The standard InChI is InChI=1S/C13H8N2/c1-2-6-10(7-3-1)13-14-11-8-4-5-9-12(11)15-13/h1-2,4-6,8-9H,(H,14,15). The third kappa shape index (κ3) is 1.40. The lowest BCUT2D eigenvalue weighted by Gasteiger charge is -1.92. The van der Waals surface area contributed by atoms with E-state index in [1.165, 1.54) is 0 Å². The van der Waals surface area contributed by atoms with Gasteiger partial charge in [-0.1, -0.05) is 30.3 Å². The monoisotopic (exact) mass is 192 g/mol. The van der Waals surface area contributed by atoms with Crippen LogP contribution in [-0.4, -0.2) is 9.97 Å². The summed E-state index contributed by atoms with van der Waals surface area (Å²) in [5, 5.41) is 0. The van der Waals surface area contributed by atoms with Crippen molar-refractivity contribution in [2.75, 3.05) is 0 Å². The lowest BCUT2D eigenvalue weighted by Crippen LogP contribution is -1.78. The molecule has 1 aromatic heterocycles. The molecule has 0 aliphatic carbocycles. The fourth-order valence-corrected chi connectivity index (χ4v) is 1.57. The topological polar surface area (TPSA) is 28.7 Å². The number of para-hydroxylation sites is 2. The molecule has 2 radical (unpaired) electrons. The first-order chi connectivity index (χ1) is 7.43. The molecule has 2 aromatic carbocycles. The Hall–Kier alpha value is -2.09. The van der Waals surface area contributed by atoms with Crippen LogP contribution in [0.1, 0.15) is 0 Å². The number of benzene rings is 2. The van der Waals surface area contributed by atoms with Gasteiger partial charge in [0.1, 0.15) is 5.82 Å². The zero-order valence-corrected chi connectivity index (χ0v) is 7.99. The second kappa shape index (κ2) is 3.24. The molecule has 2 nitrogen and oxygen atoms in total. The largest absolute Gasteiger partial charge is 0.338 e. The average molecular weight is 192 g/mol. The molecule has 3 rings (SSSR count). The molecule has 0 bridgehead atoms. The predicted molar refractivity (Wildman–Crippen MR) is 59.2 cm³/mol. The minimum Gasteiger partial charge on any atom is -0.338 e. The van der Waals surface area contributed by atoms with Crippen LogP contribution >= 0.6 is 0 Å². The molecule has 0 saturated carbocycles. The maximum atomic E-state index is 4.48. The van der Waals surface area contributed by atoms with Crippen molar-refractivity contribution in [2.45, 2.75) is 0 Å². The van der Waals surface area contributed by atoms with Crippen molar-refractivity contribution >= 4 is 11.0 Å². The molecule has 0 spiro atoms. The van der Waals surface area contributed by atoms with Gasteiger partial charge in [0.2, 0.25) is 0 Å². The molecule has 0 aliphatic rings. The molecule has 0 saturated heterocycles. The molecule has 0 aliphatic heterocycles. The molecule has 70 valence electrons. The maximum absolute atomic E-state index is 4.48. The maximum Gasteiger partial charge on any atom is 0.139 e. The van der Waals surface area contributed by atoms with Gasteiger partial charge < -0.3 is 4.98 Å². The van der Waals surface area contributed by atoms with Crippen molar-refractivity contribution in [1.82, 2.24) is 9.97 Å². The fourth-order valence-electron chi connectivity index (χ4n) is 1.57. The van der Waals surface area contributed by atoms with E-state index in [2.05, 4.69) is 22.1 Å². The minimum absolute atomic E-state index is 0.841. The molecule has 15 heavy (non-hydrogen) atoms. The summed E-state index contributed by atoms with van der Waals surface area (Å²) in [5.74, 6) is 0.841. The van der Waals surface area contributed by atoms with Crippen LogP contribution in [0.2, 0.25) is 0 Å². The molecule has 0 atom stereocenters. The van der Waals surface area contributed by atoms with E-state index in [9.17, 15) is 0 Å². The number of nitrogens with one attached hydrogen (secondary N) is 1. The summed E-state index contributed by atoms with van der Waals surface area (Å²) >= 11 is 0. The van der Waals surface area contributed by atoms with Gasteiger partial charge in [0.25, 0.3) is 0 Å². The van der Waals surface area contributed by atoms with Gasteiger partial charge in [0.15, 0.2) is 0 Å². The van der Waals surface area contributed by atoms with Crippen molar-refractivity contribution in [3.05, 3.63) is 54.6 Å². The number of aromatic nitrogens is 2. The number of H-pyrrole nitrogens is 1. The predicted octanol–water partition coefficient (Wildman–Crippen LogP) is 2.83. The number of fused-ring (bicyclic) bond motifs is 1. The van der Waals surface area contributed by atoms with Gasteiger partial charge in [-0.15, -0.1) is 0 Å². The van der Waals surface area contributed by atoms with E-state index < -0.39 is 0 Å². The Morgan fingerprint density at radius 1 is 1.07 bits per heavy atom. The van der Waals surface area contributed by atoms with Crippen LogP contribution in [0.3, 0.4) is 0 Å². The van der Waals surface area contributed by atoms with Gasteiger partial charge in [0.05, 0.1) is 11.0 Å². The van der Waals surface area contributed by atoms with Crippen LogP contribution in [0.25, 0.3) is 22.4 Å². The van der Waals surface area contributed by atoms with Crippen LogP contribution in [-0.2, 0) is 0 Å². The normalized spacial score (nSPS) is 10.7. The van der Waals surface area contributed by atoms with E-state index in [0.29, 0.717) is 0 Å². The van der Waals surface area contributed by atoms with E-state index in [-0.39, 0.29) is 0 Å². The van der Waals surface area contributed by atoms with Gasteiger partial charge in [-0.25, -0.2) is 4.98 Å². The van der Waals surface area contributed by atoms with Crippen molar-refractivity contribution in [1.29, 1.82) is 0 Å². The van der Waals surface area contributed by atoms with Crippen molar-refractivity contribution in [3.63, 3.8) is 0 Å². The van der Waals surface area contributed by atoms with Gasteiger partial charge in [-0.2, -0.15) is 0 Å². The second-order valence-electron chi connectivity index (χ2n) is 3.31. The van der Waals surface area contributed by atoms with E-state index in [0.717, 1.165) is 22.4 Å². The molecule has 2 heteroatoms. The summed E-state index contributed by atoms with van der Waals surface area (Å²) in [5.41, 5.74) is 2.96. The molecule has 3 aromatic rings. The van der Waals surface area contributed by atoms with E-state index >= 15 is 0 Å². The summed E-state index contributed by atoms with van der Waals surface area (Å²) in [7, 11) is 0. The Balaban J connectivity index is 2.21. The van der Waals surface area contributed by atoms with E-state index in [1.54, 1.807) is 0 Å². The first-order valence-electron chi connectivity index (χ1n) is 4.77. The first kappa shape index (κ1) is 8.24. The first-order valence-corrected chi connectivity index (χ1v) is 4.77. The third-order valence-electron chi connectivity index (χ3n) is 2.29. The molecule has 0 unspecified atom stereocenters. The Bertz CT molecular complexity index is 549. The highest BCUT2D eigenvalue weighted by atomic mass is 14.9.